The molecule has 4 nitrogen and oxygen atoms in total. The number of fused-ring (bicyclic) bond motifs is 8. The Morgan fingerprint density at radius 3 is 1.40 bits per heavy atom. The lowest BCUT2D eigenvalue weighted by atomic mass is 9.31. The number of rotatable bonds is 8. The van der Waals surface area contributed by atoms with Gasteiger partial charge in [-0.3, -0.25) is 0 Å². The van der Waals surface area contributed by atoms with Crippen LogP contribution in [0.2, 0.25) is 0 Å². The maximum atomic E-state index is 7.61. The number of anilines is 9. The number of nitrogens with zero attached hydrogens (tertiary/aromatic N) is 3. The molecular formula is C76H55B2N3OS. The Morgan fingerprint density at radius 2 is 0.819 bits per heavy atom. The molecule has 7 heteroatoms. The third-order valence-corrected chi connectivity index (χ3v) is 18.4. The molecule has 0 amide bonds. The van der Waals surface area contributed by atoms with E-state index in [0.29, 0.717) is 0 Å². The van der Waals surface area contributed by atoms with Crippen molar-refractivity contribution >= 4 is 109 Å². The van der Waals surface area contributed by atoms with Crippen LogP contribution in [0, 0.1) is 0 Å². The second kappa shape index (κ2) is 19.5. The fourth-order valence-electron chi connectivity index (χ4n) is 13.5. The van der Waals surface area contributed by atoms with E-state index in [9.17, 15) is 0 Å². The zero-order valence-electron chi connectivity index (χ0n) is 46.4. The van der Waals surface area contributed by atoms with Crippen LogP contribution in [0.15, 0.2) is 289 Å². The molecule has 0 fully saturated rings. The summed E-state index contributed by atoms with van der Waals surface area (Å²) in [7, 11) is 0. The fourth-order valence-corrected chi connectivity index (χ4v) is 14.7. The average molecular weight is 1080 g/mol. The van der Waals surface area contributed by atoms with Gasteiger partial charge < -0.3 is 19.4 Å². The van der Waals surface area contributed by atoms with Gasteiger partial charge in [-0.1, -0.05) is 238 Å². The molecule has 0 bridgehead atoms. The van der Waals surface area contributed by atoms with Gasteiger partial charge in [0.25, 0.3) is 6.71 Å². The molecule has 0 saturated heterocycles. The molecule has 83 heavy (non-hydrogen) atoms. The van der Waals surface area contributed by atoms with Crippen molar-refractivity contribution in [3.63, 3.8) is 0 Å². The van der Waals surface area contributed by atoms with Crippen molar-refractivity contribution in [3.05, 3.63) is 285 Å². The third-order valence-electron chi connectivity index (χ3n) is 17.3. The number of hydrogen-bond donors (Lipinski definition) is 0. The highest BCUT2D eigenvalue weighted by Crippen LogP contribution is 2.50. The normalized spacial score (nSPS) is 13.2. The van der Waals surface area contributed by atoms with Crippen LogP contribution < -0.4 is 52.2 Å². The molecule has 12 aromatic rings. The summed E-state index contributed by atoms with van der Waals surface area (Å²) in [6, 6.07) is 103. The minimum absolute atomic E-state index is 0.0485. The molecule has 12 aromatic carbocycles. The molecular weight excluding hydrogens is 1020 g/mol. The molecule has 392 valence electrons. The summed E-state index contributed by atoms with van der Waals surface area (Å²) < 4.78 is 7.61. The van der Waals surface area contributed by atoms with Gasteiger partial charge in [0.05, 0.1) is 17.1 Å². The molecule has 0 aromatic heterocycles. The Hall–Kier alpha value is -9.68. The number of hydrogen-bond acceptors (Lipinski definition) is 5. The molecule has 0 N–H and O–H groups in total. The summed E-state index contributed by atoms with van der Waals surface area (Å²) in [5, 5.41) is 0. The zero-order valence-corrected chi connectivity index (χ0v) is 47.2. The van der Waals surface area contributed by atoms with E-state index in [2.05, 4.69) is 315 Å². The minimum atomic E-state index is -0.139. The van der Waals surface area contributed by atoms with Gasteiger partial charge in [-0.2, -0.15) is 0 Å². The lowest BCUT2D eigenvalue weighted by Crippen LogP contribution is -2.63. The second-order valence-electron chi connectivity index (χ2n) is 23.2. The molecule has 16 rings (SSSR count). The summed E-state index contributed by atoms with van der Waals surface area (Å²) in [5.74, 6) is 1.74. The van der Waals surface area contributed by atoms with Gasteiger partial charge in [-0.25, -0.2) is 0 Å². The first-order valence-corrected chi connectivity index (χ1v) is 29.6. The van der Waals surface area contributed by atoms with Crippen LogP contribution >= 0.6 is 11.8 Å². The van der Waals surface area contributed by atoms with Crippen molar-refractivity contribution in [2.24, 2.45) is 0 Å². The SMILES string of the molecule is CC(C)(C)c1ccc(-c2ccccc2N2c3ccccc3B3c4cc5c(cc4Sc4cc(-c6ccccc6)cc2c43)Oc2cc(N(c3ccccc3)c3ccccc3)cc3c2B5c2ccccc2N3c2ccccc2-c2ccccc2)cc1. The van der Waals surface area contributed by atoms with Crippen molar-refractivity contribution in [1.82, 2.24) is 0 Å². The molecule has 4 aliphatic heterocycles. The van der Waals surface area contributed by atoms with E-state index in [1.165, 1.54) is 76.3 Å². The second-order valence-corrected chi connectivity index (χ2v) is 24.3. The third kappa shape index (κ3) is 8.08. The zero-order chi connectivity index (χ0) is 55.3. The summed E-state index contributed by atoms with van der Waals surface area (Å²) in [4.78, 5) is 9.88. The highest BCUT2D eigenvalue weighted by molar-refractivity contribution is 8.00. The van der Waals surface area contributed by atoms with E-state index < -0.39 is 0 Å². The van der Waals surface area contributed by atoms with Crippen molar-refractivity contribution in [2.45, 2.75) is 36.0 Å². The Kier molecular flexibility index (Phi) is 11.6. The van der Waals surface area contributed by atoms with E-state index >= 15 is 0 Å². The highest BCUT2D eigenvalue weighted by atomic mass is 32.2. The van der Waals surface area contributed by atoms with Crippen molar-refractivity contribution in [2.75, 3.05) is 14.7 Å². The molecule has 0 radical (unpaired) electrons. The lowest BCUT2D eigenvalue weighted by Gasteiger charge is -2.43. The summed E-state index contributed by atoms with van der Waals surface area (Å²) >= 11 is 1.88. The summed E-state index contributed by atoms with van der Waals surface area (Å²) in [6.07, 6.45) is 0. The van der Waals surface area contributed by atoms with Crippen molar-refractivity contribution in [1.29, 1.82) is 0 Å². The first-order valence-electron chi connectivity index (χ1n) is 28.8. The molecule has 0 atom stereocenters. The minimum Gasteiger partial charge on any atom is -0.458 e. The van der Waals surface area contributed by atoms with Crippen LogP contribution in [0.25, 0.3) is 33.4 Å². The standard InChI is InChI=1S/C76H55B2N3OS/c1-76(2,3)54-42-40-52(41-43-54)59-33-17-21-37-65(59)80-67-39-23-19-35-61(67)78-63-48-62-70(49-72(63)83-73-45-53(44-68(80)75(73)78)50-24-8-4-9-25-50)82-71-47-57(79(55-28-12-6-13-29-55)56-30-14-7-15-31-56)46-69-74(71)77(62)60-34-18-22-38-66(60)81(69)64-36-20-16-32-58(64)51-26-10-5-11-27-51/h4-49H,1-3H3. The summed E-state index contributed by atoms with van der Waals surface area (Å²) in [5.41, 5.74) is 25.9. The first-order chi connectivity index (χ1) is 40.8. The first kappa shape index (κ1) is 49.2. The molecule has 0 saturated carbocycles. The Morgan fingerprint density at radius 1 is 0.337 bits per heavy atom. The van der Waals surface area contributed by atoms with E-state index in [1.807, 2.05) is 11.8 Å². The molecule has 0 aliphatic carbocycles. The monoisotopic (exact) mass is 1080 g/mol. The maximum Gasteiger partial charge on any atom is 0.256 e. The highest BCUT2D eigenvalue weighted by Gasteiger charge is 2.47. The average Bonchev–Trinajstić information content (AvgIpc) is 2.19. The fraction of sp³-hybridized carbons (Fsp3) is 0.0526. The number of para-hydroxylation sites is 6. The van der Waals surface area contributed by atoms with Crippen LogP contribution in [0.1, 0.15) is 26.3 Å². The van der Waals surface area contributed by atoms with Gasteiger partial charge in [0, 0.05) is 61.1 Å². The van der Waals surface area contributed by atoms with Crippen LogP contribution in [0.4, 0.5) is 51.2 Å². The van der Waals surface area contributed by atoms with E-state index in [0.717, 1.165) is 67.9 Å². The Labute approximate surface area is 491 Å². The Bertz CT molecular complexity index is 4470. The van der Waals surface area contributed by atoms with E-state index in [4.69, 9.17) is 4.74 Å². The molecule has 0 unspecified atom stereocenters. The predicted molar refractivity (Wildman–Crippen MR) is 352 cm³/mol. The van der Waals surface area contributed by atoms with E-state index in [1.54, 1.807) is 0 Å². The molecule has 4 aliphatic rings. The maximum absolute atomic E-state index is 7.61. The predicted octanol–water partition coefficient (Wildman–Crippen LogP) is 16.6. The lowest BCUT2D eigenvalue weighted by molar-refractivity contribution is 0.486. The van der Waals surface area contributed by atoms with Crippen LogP contribution in [0.3, 0.4) is 0 Å². The number of benzene rings is 12. The van der Waals surface area contributed by atoms with Gasteiger partial charge in [0.2, 0.25) is 6.71 Å². The van der Waals surface area contributed by atoms with Gasteiger partial charge >= 0.3 is 0 Å². The van der Waals surface area contributed by atoms with E-state index in [-0.39, 0.29) is 18.8 Å². The van der Waals surface area contributed by atoms with Gasteiger partial charge in [0.1, 0.15) is 11.5 Å². The number of ether oxygens (including phenoxy) is 1. The summed E-state index contributed by atoms with van der Waals surface area (Å²) in [6.45, 7) is 6.66. The van der Waals surface area contributed by atoms with Gasteiger partial charge in [-0.15, -0.1) is 0 Å². The van der Waals surface area contributed by atoms with Gasteiger partial charge in [0.15, 0.2) is 0 Å². The topological polar surface area (TPSA) is 19.0 Å². The van der Waals surface area contributed by atoms with Gasteiger partial charge in [-0.05, 0) is 133 Å². The van der Waals surface area contributed by atoms with Crippen molar-refractivity contribution in [3.8, 4) is 44.9 Å². The van der Waals surface area contributed by atoms with Crippen LogP contribution in [-0.4, -0.2) is 13.4 Å². The van der Waals surface area contributed by atoms with Crippen LogP contribution in [0.5, 0.6) is 11.5 Å². The Balaban J connectivity index is 0.921. The smallest absolute Gasteiger partial charge is 0.256 e. The molecule has 0 spiro atoms. The quantitative estimate of drug-likeness (QED) is 0.141. The largest absolute Gasteiger partial charge is 0.458 e. The van der Waals surface area contributed by atoms with Crippen LogP contribution in [-0.2, 0) is 5.41 Å². The van der Waals surface area contributed by atoms with Crippen molar-refractivity contribution < 1.29 is 4.74 Å². The molecule has 4 heterocycles.